The predicted molar refractivity (Wildman–Crippen MR) is 171 cm³/mol. The minimum Gasteiger partial charge on any atom is -0.406 e. The van der Waals surface area contributed by atoms with E-state index in [2.05, 4.69) is 56.5 Å². The Morgan fingerprint density at radius 1 is 1.11 bits per heavy atom. The highest BCUT2D eigenvalue weighted by molar-refractivity contribution is 8.14. The minimum atomic E-state index is -4.76. The van der Waals surface area contributed by atoms with Gasteiger partial charge >= 0.3 is 12.4 Å². The van der Waals surface area contributed by atoms with Gasteiger partial charge in [0.2, 0.25) is 0 Å². The molecule has 1 N–H and O–H groups in total. The number of urea groups is 1. The van der Waals surface area contributed by atoms with Gasteiger partial charge in [0.05, 0.1) is 11.4 Å². The van der Waals surface area contributed by atoms with Crippen LogP contribution in [0.4, 0.5) is 29.3 Å². The second kappa shape index (κ2) is 12.5. The number of carbonyl (C=O) groups is 1. The number of ether oxygens (including phenoxy) is 1. The number of hydroxylamine groups is 1. The largest absolute Gasteiger partial charge is 0.573 e. The fraction of sp³-hybridized carbons (Fsp3) is 0.250. The summed E-state index contributed by atoms with van der Waals surface area (Å²) in [7, 11) is 3.99. The molecule has 2 atom stereocenters. The molecule has 3 aromatic carbocycles. The number of nitrogens with one attached hydrogen (secondary N) is 1. The SMILES string of the molecule is CC1C=C2CSC(=NC(=O)NOC(C)c3ccc(-c4ncn(-c5ccc(OC(F)(F)F)cc5)n4)cc3)N2c2cc(N(C)C)ccc21. The molecular weight excluding hydrogens is 619 g/mol. The zero-order chi connectivity index (χ0) is 32.6. The van der Waals surface area contributed by atoms with E-state index in [1.165, 1.54) is 52.6 Å². The maximum absolute atomic E-state index is 12.8. The maximum Gasteiger partial charge on any atom is 0.573 e. The van der Waals surface area contributed by atoms with Crippen LogP contribution in [-0.4, -0.2) is 52.2 Å². The van der Waals surface area contributed by atoms with Gasteiger partial charge in [-0.2, -0.15) is 4.99 Å². The number of aromatic nitrogens is 3. The summed E-state index contributed by atoms with van der Waals surface area (Å²) < 4.78 is 42.7. The van der Waals surface area contributed by atoms with E-state index in [1.807, 2.05) is 48.2 Å². The van der Waals surface area contributed by atoms with Crippen molar-refractivity contribution in [1.82, 2.24) is 20.2 Å². The fourth-order valence-corrected chi connectivity index (χ4v) is 6.15. The number of aliphatic imine (C=N–C) groups is 1. The molecule has 3 heterocycles. The number of rotatable bonds is 7. The number of amides is 2. The number of fused-ring (bicyclic) bond motifs is 3. The van der Waals surface area contributed by atoms with Crippen LogP contribution in [0.1, 0.15) is 37.0 Å². The van der Waals surface area contributed by atoms with Crippen LogP contribution in [-0.2, 0) is 4.84 Å². The Morgan fingerprint density at radius 3 is 2.54 bits per heavy atom. The Morgan fingerprint density at radius 2 is 1.85 bits per heavy atom. The highest BCUT2D eigenvalue weighted by atomic mass is 32.2. The van der Waals surface area contributed by atoms with Crippen LogP contribution < -0.4 is 20.0 Å². The first kappa shape index (κ1) is 31.2. The molecule has 46 heavy (non-hydrogen) atoms. The van der Waals surface area contributed by atoms with Crippen LogP contribution in [0.3, 0.4) is 0 Å². The molecule has 2 aliphatic heterocycles. The molecule has 1 aromatic heterocycles. The Balaban J connectivity index is 1.08. The highest BCUT2D eigenvalue weighted by Gasteiger charge is 2.34. The molecule has 0 saturated carbocycles. The molecule has 0 bridgehead atoms. The molecule has 2 aliphatic rings. The summed E-state index contributed by atoms with van der Waals surface area (Å²) in [6.07, 6.45) is -1.56. The number of alkyl halides is 3. The van der Waals surface area contributed by atoms with Crippen molar-refractivity contribution in [2.24, 2.45) is 4.99 Å². The fourth-order valence-electron chi connectivity index (χ4n) is 5.16. The molecule has 6 rings (SSSR count). The lowest BCUT2D eigenvalue weighted by molar-refractivity contribution is -0.274. The Kier molecular flexibility index (Phi) is 8.49. The van der Waals surface area contributed by atoms with Crippen LogP contribution in [0.5, 0.6) is 5.75 Å². The zero-order valence-electron chi connectivity index (χ0n) is 25.3. The molecule has 4 aromatic rings. The first-order valence-electron chi connectivity index (χ1n) is 14.3. The summed E-state index contributed by atoms with van der Waals surface area (Å²) in [6, 6.07) is 18.4. The second-order valence-electron chi connectivity index (χ2n) is 10.9. The molecule has 1 saturated heterocycles. The van der Waals surface area contributed by atoms with E-state index in [0.29, 0.717) is 16.7 Å². The number of allylic oxidation sites excluding steroid dienone is 1. The summed E-state index contributed by atoms with van der Waals surface area (Å²) in [5, 5.41) is 5.01. The number of carbonyl (C=O) groups excluding carboxylic acids is 1. The van der Waals surface area contributed by atoms with Gasteiger partial charge in [0.25, 0.3) is 0 Å². The molecular formula is C32H30F3N7O3S. The summed E-state index contributed by atoms with van der Waals surface area (Å²) in [5.74, 6) is 1.09. The van der Waals surface area contributed by atoms with Crippen molar-refractivity contribution in [1.29, 1.82) is 0 Å². The van der Waals surface area contributed by atoms with Crippen molar-refractivity contribution < 1.29 is 27.5 Å². The zero-order valence-corrected chi connectivity index (χ0v) is 26.1. The van der Waals surface area contributed by atoms with E-state index in [9.17, 15) is 18.0 Å². The van der Waals surface area contributed by atoms with Crippen LogP contribution in [0.25, 0.3) is 17.1 Å². The lowest BCUT2D eigenvalue weighted by Gasteiger charge is -2.31. The van der Waals surface area contributed by atoms with Crippen LogP contribution >= 0.6 is 11.8 Å². The maximum atomic E-state index is 12.8. The second-order valence-corrected chi connectivity index (χ2v) is 11.9. The van der Waals surface area contributed by atoms with Gasteiger partial charge in [-0.15, -0.1) is 18.3 Å². The van der Waals surface area contributed by atoms with Crippen molar-refractivity contribution in [3.63, 3.8) is 0 Å². The van der Waals surface area contributed by atoms with E-state index in [-0.39, 0.29) is 11.7 Å². The standard InChI is InChI=1S/C32H30F3N7O3S/c1-19-15-25-17-46-31(42(25)28-16-24(40(3)4)11-14-27(19)28)37-30(43)39-45-20(2)21-5-7-22(8-6-21)29-36-18-41(38-29)23-9-12-26(13-10-23)44-32(33,34)35/h5-16,18-20H,17H2,1-4H3,(H,39,43). The average Bonchev–Trinajstić information content (AvgIpc) is 3.67. The van der Waals surface area contributed by atoms with Crippen molar-refractivity contribution in [3.8, 4) is 22.8 Å². The van der Waals surface area contributed by atoms with Crippen LogP contribution in [0, 0.1) is 0 Å². The van der Waals surface area contributed by atoms with Gasteiger partial charge < -0.3 is 9.64 Å². The molecule has 0 aliphatic carbocycles. The van der Waals surface area contributed by atoms with Crippen molar-refractivity contribution in [2.45, 2.75) is 32.2 Å². The van der Waals surface area contributed by atoms with Crippen molar-refractivity contribution in [3.05, 3.63) is 96.0 Å². The van der Waals surface area contributed by atoms with Gasteiger partial charge in [-0.05, 0) is 54.4 Å². The molecule has 0 spiro atoms. The number of amidine groups is 1. The van der Waals surface area contributed by atoms with Gasteiger partial charge in [-0.3, -0.25) is 9.74 Å². The lowest BCUT2D eigenvalue weighted by atomic mass is 9.93. The summed E-state index contributed by atoms with van der Waals surface area (Å²) in [6.45, 7) is 3.97. The summed E-state index contributed by atoms with van der Waals surface area (Å²) in [4.78, 5) is 31.2. The monoisotopic (exact) mass is 649 g/mol. The third-order valence-corrected chi connectivity index (χ3v) is 8.49. The highest BCUT2D eigenvalue weighted by Crippen LogP contribution is 2.44. The third kappa shape index (κ3) is 6.72. The summed E-state index contributed by atoms with van der Waals surface area (Å²) >= 11 is 1.51. The van der Waals surface area contributed by atoms with Gasteiger partial charge in [0.1, 0.15) is 18.2 Å². The topological polar surface area (TPSA) is 97.1 Å². The smallest absolute Gasteiger partial charge is 0.406 e. The number of halogens is 3. The first-order chi connectivity index (χ1) is 21.9. The molecule has 1 fully saturated rings. The van der Waals surface area contributed by atoms with E-state index < -0.39 is 18.5 Å². The van der Waals surface area contributed by atoms with E-state index in [0.717, 1.165) is 34.0 Å². The predicted octanol–water partition coefficient (Wildman–Crippen LogP) is 7.21. The normalized spacial score (nSPS) is 17.3. The van der Waals surface area contributed by atoms with Crippen LogP contribution in [0.15, 0.2) is 89.8 Å². The quantitative estimate of drug-likeness (QED) is 0.210. The number of anilines is 2. The van der Waals surface area contributed by atoms with Crippen molar-refractivity contribution in [2.75, 3.05) is 29.6 Å². The number of hydrogen-bond donors (Lipinski definition) is 1. The number of thioether (sulfide) groups is 1. The van der Waals surface area contributed by atoms with Gasteiger partial charge in [-0.1, -0.05) is 55.1 Å². The van der Waals surface area contributed by atoms with Gasteiger partial charge in [0.15, 0.2) is 11.0 Å². The Bertz CT molecular complexity index is 1800. The van der Waals surface area contributed by atoms with Gasteiger partial charge in [0, 0.05) is 42.7 Å². The summed E-state index contributed by atoms with van der Waals surface area (Å²) in [5.41, 5.74) is 8.86. The molecule has 238 valence electrons. The Hall–Kier alpha value is -4.82. The van der Waals surface area contributed by atoms with E-state index >= 15 is 0 Å². The third-order valence-electron chi connectivity index (χ3n) is 7.52. The van der Waals surface area contributed by atoms with E-state index in [1.54, 1.807) is 6.92 Å². The molecule has 0 radical (unpaired) electrons. The minimum absolute atomic E-state index is 0.260. The molecule has 2 unspecified atom stereocenters. The number of nitrogens with zero attached hydrogens (tertiary/aromatic N) is 6. The average molecular weight is 650 g/mol. The lowest BCUT2D eigenvalue weighted by Crippen LogP contribution is -2.30. The first-order valence-corrected chi connectivity index (χ1v) is 15.3. The Labute approximate surface area is 267 Å². The van der Waals surface area contributed by atoms with E-state index in [4.69, 9.17) is 4.84 Å². The molecule has 14 heteroatoms. The van der Waals surface area contributed by atoms with Crippen molar-refractivity contribution >= 4 is 34.3 Å². The number of hydrogen-bond acceptors (Lipinski definition) is 7. The van der Waals surface area contributed by atoms with Gasteiger partial charge in [-0.25, -0.2) is 19.9 Å². The van der Waals surface area contributed by atoms with Crippen LogP contribution in [0.2, 0.25) is 0 Å². The molecule has 2 amide bonds. The molecule has 10 nitrogen and oxygen atoms in total. The number of benzene rings is 3.